The Morgan fingerprint density at radius 2 is 1.57 bits per heavy atom. The van der Waals surface area contributed by atoms with E-state index in [1.54, 1.807) is 41.1 Å². The third-order valence-electron chi connectivity index (χ3n) is 16.5. The molecule has 1 aliphatic carbocycles. The number of amides is 2. The van der Waals surface area contributed by atoms with Crippen molar-refractivity contribution in [3.63, 3.8) is 0 Å². The van der Waals surface area contributed by atoms with Crippen LogP contribution in [-0.2, 0) is 52.4 Å². The maximum atomic E-state index is 14.6. The Balaban J connectivity index is 1.64. The molecule has 0 aromatic carbocycles. The summed E-state index contributed by atoms with van der Waals surface area (Å²) in [7, 11) is 4.55. The second-order valence-electron chi connectivity index (χ2n) is 22.7. The number of carbonyl (C=O) groups is 6. The first-order valence-corrected chi connectivity index (χ1v) is 28.8. The highest BCUT2D eigenvalue weighted by atomic mass is 16.6. The SMILES string of the molecule is CCCN(CCC)CCNC(=O)O[C@@H]1CCC(CC(C)C2CC(=O)C(C)/C=C(\C)[C@@H](O)C(OC)C(=O)[C@H](C)CC(C)/C=C/C=C/C=C(\C)C(OC)CC3CC[C@@H](C)[C@@](O)(O3)C(=O)C(=O)N3CCCC[C@H]3C(=O)O2)CC1OC. The lowest BCUT2D eigenvalue weighted by molar-refractivity contribution is -0.265. The third-order valence-corrected chi connectivity index (χ3v) is 16.5. The molecule has 4 rings (SSSR count). The number of allylic oxidation sites excluding steroid dienone is 6. The number of hydrogen-bond donors (Lipinski definition) is 3. The zero-order valence-corrected chi connectivity index (χ0v) is 48.7. The van der Waals surface area contributed by atoms with Gasteiger partial charge in [0.1, 0.15) is 36.2 Å². The molecular formula is C60H97N3O14. The summed E-state index contributed by atoms with van der Waals surface area (Å²) < 4.78 is 35.8. The van der Waals surface area contributed by atoms with Gasteiger partial charge in [0.05, 0.1) is 18.3 Å². The van der Waals surface area contributed by atoms with Crippen LogP contribution < -0.4 is 5.32 Å². The summed E-state index contributed by atoms with van der Waals surface area (Å²) in [4.78, 5) is 88.0. The van der Waals surface area contributed by atoms with Crippen LogP contribution in [0.2, 0.25) is 0 Å². The number of carbonyl (C=O) groups excluding carboxylic acids is 6. The van der Waals surface area contributed by atoms with E-state index in [9.17, 15) is 39.0 Å². The van der Waals surface area contributed by atoms with E-state index in [1.807, 2.05) is 58.1 Å². The highest BCUT2D eigenvalue weighted by Crippen LogP contribution is 2.38. The third kappa shape index (κ3) is 19.0. The minimum Gasteiger partial charge on any atom is -0.460 e. The minimum absolute atomic E-state index is 0.00524. The van der Waals surface area contributed by atoms with Gasteiger partial charge in [-0.05, 0) is 133 Å². The average molecular weight is 1080 g/mol. The number of ketones is 3. The summed E-state index contributed by atoms with van der Waals surface area (Å²) in [6, 6.07) is -1.17. The number of nitrogens with one attached hydrogen (secondary N) is 1. The van der Waals surface area contributed by atoms with Gasteiger partial charge in [-0.25, -0.2) is 9.59 Å². The molecule has 77 heavy (non-hydrogen) atoms. The lowest BCUT2D eigenvalue weighted by atomic mass is 9.78. The van der Waals surface area contributed by atoms with Gasteiger partial charge in [0, 0.05) is 71.6 Å². The fourth-order valence-electron chi connectivity index (χ4n) is 11.7. The first kappa shape index (κ1) is 65.4. The highest BCUT2D eigenvalue weighted by Gasteiger charge is 2.53. The molecule has 15 atom stereocenters. The molecule has 0 aromatic rings. The Bertz CT molecular complexity index is 2050. The van der Waals surface area contributed by atoms with Crippen LogP contribution in [0.4, 0.5) is 4.79 Å². The molecule has 17 nitrogen and oxygen atoms in total. The van der Waals surface area contributed by atoms with E-state index in [-0.39, 0.29) is 42.8 Å². The van der Waals surface area contributed by atoms with Gasteiger partial charge in [-0.3, -0.25) is 19.2 Å². The number of methoxy groups -OCH3 is 3. The van der Waals surface area contributed by atoms with Gasteiger partial charge in [-0.1, -0.05) is 84.9 Å². The Hall–Kier alpha value is -4.10. The van der Waals surface area contributed by atoms with Crippen LogP contribution >= 0.6 is 0 Å². The van der Waals surface area contributed by atoms with Gasteiger partial charge in [0.25, 0.3) is 11.7 Å². The lowest BCUT2D eigenvalue weighted by Gasteiger charge is -2.42. The molecule has 0 aromatic heterocycles. The number of aliphatic hydroxyl groups excluding tert-OH is 1. The fourth-order valence-corrected chi connectivity index (χ4v) is 11.7. The molecule has 9 unspecified atom stereocenters. The maximum Gasteiger partial charge on any atom is 0.407 e. The predicted octanol–water partition coefficient (Wildman–Crippen LogP) is 8.04. The molecule has 0 radical (unpaired) electrons. The number of esters is 1. The summed E-state index contributed by atoms with van der Waals surface area (Å²) in [5.41, 5.74) is 1.25. The Morgan fingerprint density at radius 3 is 2.23 bits per heavy atom. The molecule has 3 fully saturated rings. The topological polar surface area (TPSA) is 217 Å². The maximum absolute atomic E-state index is 14.6. The normalized spacial score (nSPS) is 35.9. The zero-order chi connectivity index (χ0) is 57.0. The van der Waals surface area contributed by atoms with Crippen molar-refractivity contribution >= 4 is 35.3 Å². The zero-order valence-electron chi connectivity index (χ0n) is 48.7. The van der Waals surface area contributed by atoms with Crippen molar-refractivity contribution in [2.24, 2.45) is 35.5 Å². The van der Waals surface area contributed by atoms with E-state index < -0.39 is 102 Å². The lowest BCUT2D eigenvalue weighted by Crippen LogP contribution is -2.61. The van der Waals surface area contributed by atoms with Gasteiger partial charge >= 0.3 is 12.1 Å². The number of rotatable bonds is 14. The van der Waals surface area contributed by atoms with Crippen molar-refractivity contribution in [1.82, 2.24) is 15.1 Å². The Morgan fingerprint density at radius 1 is 0.857 bits per heavy atom. The van der Waals surface area contributed by atoms with Crippen LogP contribution in [0.3, 0.4) is 0 Å². The minimum atomic E-state index is -2.45. The van der Waals surface area contributed by atoms with Crippen LogP contribution in [0.25, 0.3) is 0 Å². The number of cyclic esters (lactones) is 1. The first-order chi connectivity index (χ1) is 36.6. The molecule has 0 spiro atoms. The fraction of sp³-hybridized carbons (Fsp3) is 0.767. The van der Waals surface area contributed by atoms with Crippen LogP contribution in [0.1, 0.15) is 152 Å². The number of alkyl carbamates (subject to hydrolysis) is 1. The van der Waals surface area contributed by atoms with Crippen LogP contribution in [0.15, 0.2) is 47.6 Å². The predicted molar refractivity (Wildman–Crippen MR) is 294 cm³/mol. The van der Waals surface area contributed by atoms with Gasteiger partial charge in [0.2, 0.25) is 5.79 Å². The molecule has 2 amide bonds. The summed E-state index contributed by atoms with van der Waals surface area (Å²) in [5, 5.41) is 26.5. The van der Waals surface area contributed by atoms with Crippen molar-refractivity contribution in [3.05, 3.63) is 47.6 Å². The largest absolute Gasteiger partial charge is 0.460 e. The number of fused-ring (bicyclic) bond motifs is 3. The Labute approximate surface area is 460 Å². The van der Waals surface area contributed by atoms with Crippen LogP contribution in [0.5, 0.6) is 0 Å². The van der Waals surface area contributed by atoms with Crippen molar-refractivity contribution in [1.29, 1.82) is 0 Å². The van der Waals surface area contributed by atoms with Crippen molar-refractivity contribution in [3.8, 4) is 0 Å². The molecule has 3 N–H and O–H groups in total. The molecule has 17 heteroatoms. The Kier molecular flexibility index (Phi) is 27.4. The quantitative estimate of drug-likeness (QED) is 0.0852. The van der Waals surface area contributed by atoms with Gasteiger partial charge in [-0.15, -0.1) is 0 Å². The van der Waals surface area contributed by atoms with E-state index in [0.717, 1.165) is 38.0 Å². The molecule has 436 valence electrons. The van der Waals surface area contributed by atoms with E-state index in [1.165, 1.54) is 12.0 Å². The molecule has 3 heterocycles. The average Bonchev–Trinajstić information content (AvgIpc) is 3.41. The van der Waals surface area contributed by atoms with Crippen molar-refractivity contribution in [2.45, 2.75) is 207 Å². The van der Waals surface area contributed by atoms with E-state index in [4.69, 9.17) is 28.4 Å². The van der Waals surface area contributed by atoms with Gasteiger partial charge in [-0.2, -0.15) is 0 Å². The number of Topliss-reactive ketones (excluding diaryl/α,β-unsaturated/α-hetero) is 3. The smallest absolute Gasteiger partial charge is 0.407 e. The summed E-state index contributed by atoms with van der Waals surface area (Å²) in [5.74, 6) is -8.26. The summed E-state index contributed by atoms with van der Waals surface area (Å²) in [6.45, 7) is 20.1. The summed E-state index contributed by atoms with van der Waals surface area (Å²) in [6.07, 6.45) is 12.4. The molecule has 2 bridgehead atoms. The van der Waals surface area contributed by atoms with Gasteiger partial charge in [0.15, 0.2) is 5.78 Å². The highest BCUT2D eigenvalue weighted by molar-refractivity contribution is 6.39. The monoisotopic (exact) mass is 1080 g/mol. The molecule has 3 aliphatic heterocycles. The number of aliphatic hydroxyl groups is 2. The van der Waals surface area contributed by atoms with Crippen LogP contribution in [-0.4, -0.2) is 164 Å². The number of nitrogens with zero attached hydrogens (tertiary/aromatic N) is 2. The first-order valence-electron chi connectivity index (χ1n) is 28.8. The van der Waals surface area contributed by atoms with E-state index in [0.29, 0.717) is 76.3 Å². The second kappa shape index (κ2) is 32.2. The van der Waals surface area contributed by atoms with Crippen LogP contribution in [0, 0.1) is 35.5 Å². The van der Waals surface area contributed by atoms with E-state index in [2.05, 4.69) is 24.1 Å². The molecular weight excluding hydrogens is 987 g/mol. The molecule has 4 aliphatic rings. The number of hydrogen-bond acceptors (Lipinski definition) is 15. The molecule has 2 saturated heterocycles. The van der Waals surface area contributed by atoms with Crippen molar-refractivity contribution in [2.75, 3.05) is 54.1 Å². The van der Waals surface area contributed by atoms with E-state index >= 15 is 0 Å². The van der Waals surface area contributed by atoms with Gasteiger partial charge < -0.3 is 53.8 Å². The number of piperidine rings is 1. The number of ether oxygens (including phenoxy) is 6. The second-order valence-corrected chi connectivity index (χ2v) is 22.7. The van der Waals surface area contributed by atoms with Crippen molar-refractivity contribution < 1.29 is 67.4 Å². The molecule has 1 saturated carbocycles. The summed E-state index contributed by atoms with van der Waals surface area (Å²) >= 11 is 0. The standard InChI is InChI=1S/C60H97N3O14/c1-13-28-62(29-14-2)31-27-61-59(70)76-49-26-24-45(35-52(49)73-11)34-41(6)51-37-48(64)40(5)33-43(8)54(66)55(74-12)53(65)42(7)32-38(3)20-16-15-17-21-39(4)50(72-10)36-46-25-23-44(9)60(71,77-46)56(67)57(68)63-30-19-18-22-47(63)58(69)75-51/h15-17,20-21,33,38,40-42,44-47,49-52,54-55,66,71H,13-14,18-19,22-32,34-37H2,1-12H3,(H,61,70)/b17-15+,20-16+,39-21+,43-33+/t38?,40?,41?,42-,44-,45?,46?,47+,49-,50?,51?,52?,54-,55?,60-/m1/s1.